The standard InChI is InChI=1S/C14H20N2O3S/c1-3-11-6-4-5-10(2)13(11)16-14(17)15-12-7-8-20(18,19)9-12/h4-6,12H,3,7-9H2,1-2H3,(H2,15,16,17)/t12-/m0/s1. The van der Waals surface area contributed by atoms with Crippen molar-refractivity contribution in [3.8, 4) is 0 Å². The summed E-state index contributed by atoms with van der Waals surface area (Å²) in [4.78, 5) is 12.0. The van der Waals surface area contributed by atoms with E-state index in [0.717, 1.165) is 23.2 Å². The molecule has 1 aliphatic rings. The molecule has 2 rings (SSSR count). The van der Waals surface area contributed by atoms with Gasteiger partial charge in [0.15, 0.2) is 9.84 Å². The lowest BCUT2D eigenvalue weighted by Crippen LogP contribution is -2.38. The first-order valence-corrected chi connectivity index (χ1v) is 8.60. The molecule has 110 valence electrons. The van der Waals surface area contributed by atoms with Crippen LogP contribution in [0.1, 0.15) is 24.5 Å². The van der Waals surface area contributed by atoms with E-state index in [1.165, 1.54) is 0 Å². The average molecular weight is 296 g/mol. The van der Waals surface area contributed by atoms with Crippen molar-refractivity contribution in [2.45, 2.75) is 32.7 Å². The Morgan fingerprint density at radius 1 is 1.40 bits per heavy atom. The molecule has 0 saturated carbocycles. The Hall–Kier alpha value is -1.56. The molecule has 2 amide bonds. The second-order valence-electron chi connectivity index (χ2n) is 5.16. The zero-order valence-corrected chi connectivity index (χ0v) is 12.6. The van der Waals surface area contributed by atoms with E-state index in [1.54, 1.807) is 0 Å². The normalized spacial score (nSPS) is 20.6. The number of hydrogen-bond donors (Lipinski definition) is 2. The summed E-state index contributed by atoms with van der Waals surface area (Å²) in [5, 5.41) is 5.57. The fourth-order valence-electron chi connectivity index (χ4n) is 2.45. The molecule has 1 fully saturated rings. The zero-order chi connectivity index (χ0) is 14.8. The maximum Gasteiger partial charge on any atom is 0.319 e. The fraction of sp³-hybridized carbons (Fsp3) is 0.500. The van der Waals surface area contributed by atoms with Crippen LogP contribution in [0.25, 0.3) is 0 Å². The van der Waals surface area contributed by atoms with E-state index in [0.29, 0.717) is 6.42 Å². The quantitative estimate of drug-likeness (QED) is 0.894. The number of carbonyl (C=O) groups excluding carboxylic acids is 1. The van der Waals surface area contributed by atoms with Gasteiger partial charge in [-0.2, -0.15) is 0 Å². The van der Waals surface area contributed by atoms with E-state index in [4.69, 9.17) is 0 Å². The van der Waals surface area contributed by atoms with Crippen molar-refractivity contribution in [1.82, 2.24) is 5.32 Å². The Balaban J connectivity index is 2.02. The van der Waals surface area contributed by atoms with Crippen LogP contribution in [-0.4, -0.2) is 32.0 Å². The number of amides is 2. The predicted molar refractivity (Wildman–Crippen MR) is 79.8 cm³/mol. The molecule has 20 heavy (non-hydrogen) atoms. The van der Waals surface area contributed by atoms with Crippen molar-refractivity contribution in [1.29, 1.82) is 0 Å². The van der Waals surface area contributed by atoms with Crippen LogP contribution in [0.2, 0.25) is 0 Å². The number of urea groups is 1. The summed E-state index contributed by atoms with van der Waals surface area (Å²) in [6.45, 7) is 3.97. The van der Waals surface area contributed by atoms with Crippen molar-refractivity contribution in [2.75, 3.05) is 16.8 Å². The number of carbonyl (C=O) groups is 1. The molecule has 0 unspecified atom stereocenters. The van der Waals surface area contributed by atoms with Crippen molar-refractivity contribution >= 4 is 21.6 Å². The van der Waals surface area contributed by atoms with Crippen LogP contribution in [0, 0.1) is 6.92 Å². The van der Waals surface area contributed by atoms with Gasteiger partial charge in [0.1, 0.15) is 0 Å². The second kappa shape index (κ2) is 5.83. The summed E-state index contributed by atoms with van der Waals surface area (Å²) in [5.41, 5.74) is 2.88. The minimum absolute atomic E-state index is 0.0365. The van der Waals surface area contributed by atoms with Crippen LogP contribution in [0.15, 0.2) is 18.2 Å². The molecule has 0 aliphatic carbocycles. The van der Waals surface area contributed by atoms with Crippen molar-refractivity contribution in [3.63, 3.8) is 0 Å². The first-order valence-electron chi connectivity index (χ1n) is 6.77. The van der Waals surface area contributed by atoms with Crippen molar-refractivity contribution in [3.05, 3.63) is 29.3 Å². The second-order valence-corrected chi connectivity index (χ2v) is 7.39. The molecule has 2 N–H and O–H groups in total. The third-order valence-corrected chi connectivity index (χ3v) is 5.31. The molecular weight excluding hydrogens is 276 g/mol. The van der Waals surface area contributed by atoms with E-state index in [2.05, 4.69) is 10.6 Å². The van der Waals surface area contributed by atoms with Crippen LogP contribution >= 0.6 is 0 Å². The third kappa shape index (κ3) is 3.50. The highest BCUT2D eigenvalue weighted by Gasteiger charge is 2.29. The minimum Gasteiger partial charge on any atom is -0.334 e. The van der Waals surface area contributed by atoms with Gasteiger partial charge < -0.3 is 10.6 Å². The molecule has 1 aliphatic heterocycles. The van der Waals surface area contributed by atoms with Gasteiger partial charge >= 0.3 is 6.03 Å². The molecule has 1 aromatic carbocycles. The highest BCUT2D eigenvalue weighted by molar-refractivity contribution is 7.91. The van der Waals surface area contributed by atoms with Crippen LogP contribution in [0.3, 0.4) is 0 Å². The Bertz CT molecular complexity index is 611. The van der Waals surface area contributed by atoms with Gasteiger partial charge in [0, 0.05) is 11.7 Å². The largest absolute Gasteiger partial charge is 0.334 e. The van der Waals surface area contributed by atoms with E-state index in [9.17, 15) is 13.2 Å². The summed E-state index contributed by atoms with van der Waals surface area (Å²) in [5.74, 6) is 0.192. The Labute approximate surface area is 119 Å². The maximum atomic E-state index is 12.0. The summed E-state index contributed by atoms with van der Waals surface area (Å²) < 4.78 is 22.7. The van der Waals surface area contributed by atoms with Crippen LogP contribution < -0.4 is 10.6 Å². The van der Waals surface area contributed by atoms with Gasteiger partial charge in [-0.3, -0.25) is 0 Å². The molecular formula is C14H20N2O3S. The fourth-order valence-corrected chi connectivity index (χ4v) is 4.12. The minimum atomic E-state index is -2.98. The number of benzene rings is 1. The molecule has 1 aromatic rings. The van der Waals surface area contributed by atoms with Gasteiger partial charge in [0.2, 0.25) is 0 Å². The number of sulfone groups is 1. The van der Waals surface area contributed by atoms with Gasteiger partial charge in [0.25, 0.3) is 0 Å². The zero-order valence-electron chi connectivity index (χ0n) is 11.8. The van der Waals surface area contributed by atoms with E-state index in [-0.39, 0.29) is 23.6 Å². The molecule has 0 bridgehead atoms. The molecule has 5 nitrogen and oxygen atoms in total. The molecule has 6 heteroatoms. The molecule has 0 spiro atoms. The lowest BCUT2D eigenvalue weighted by Gasteiger charge is -2.16. The monoisotopic (exact) mass is 296 g/mol. The van der Waals surface area contributed by atoms with Crippen molar-refractivity contribution in [2.24, 2.45) is 0 Å². The van der Waals surface area contributed by atoms with Gasteiger partial charge in [0.05, 0.1) is 11.5 Å². The van der Waals surface area contributed by atoms with E-state index >= 15 is 0 Å². The molecule has 0 aromatic heterocycles. The van der Waals surface area contributed by atoms with Gasteiger partial charge in [-0.05, 0) is 30.9 Å². The highest BCUT2D eigenvalue weighted by Crippen LogP contribution is 2.21. The van der Waals surface area contributed by atoms with Gasteiger partial charge in [-0.15, -0.1) is 0 Å². The lowest BCUT2D eigenvalue weighted by molar-refractivity contribution is 0.249. The molecule has 1 heterocycles. The molecule has 0 radical (unpaired) electrons. The van der Waals surface area contributed by atoms with E-state index < -0.39 is 9.84 Å². The topological polar surface area (TPSA) is 75.3 Å². The summed E-state index contributed by atoms with van der Waals surface area (Å²) in [6.07, 6.45) is 1.32. The van der Waals surface area contributed by atoms with E-state index in [1.807, 2.05) is 32.0 Å². The third-order valence-electron chi connectivity index (χ3n) is 3.55. The maximum absolute atomic E-state index is 12.0. The summed E-state index contributed by atoms with van der Waals surface area (Å²) >= 11 is 0. The predicted octanol–water partition coefficient (Wildman–Crippen LogP) is 1.87. The summed E-state index contributed by atoms with van der Waals surface area (Å²) in [6, 6.07) is 5.25. The van der Waals surface area contributed by atoms with Crippen LogP contribution in [-0.2, 0) is 16.3 Å². The Morgan fingerprint density at radius 3 is 2.75 bits per heavy atom. The Kier molecular flexibility index (Phi) is 4.32. The smallest absolute Gasteiger partial charge is 0.319 e. The van der Waals surface area contributed by atoms with Gasteiger partial charge in [-0.1, -0.05) is 25.1 Å². The number of hydrogen-bond acceptors (Lipinski definition) is 3. The number of para-hydroxylation sites is 1. The average Bonchev–Trinajstić information content (AvgIpc) is 2.71. The highest BCUT2D eigenvalue weighted by atomic mass is 32.2. The van der Waals surface area contributed by atoms with Crippen molar-refractivity contribution < 1.29 is 13.2 Å². The number of nitrogens with one attached hydrogen (secondary N) is 2. The molecule has 1 atom stereocenters. The molecule has 1 saturated heterocycles. The van der Waals surface area contributed by atoms with Crippen LogP contribution in [0.5, 0.6) is 0 Å². The number of anilines is 1. The number of aryl methyl sites for hydroxylation is 2. The van der Waals surface area contributed by atoms with Gasteiger partial charge in [-0.25, -0.2) is 13.2 Å². The SMILES string of the molecule is CCc1cccc(C)c1NC(=O)N[C@H]1CCS(=O)(=O)C1. The Morgan fingerprint density at radius 2 is 2.15 bits per heavy atom. The number of rotatable bonds is 3. The summed E-state index contributed by atoms with van der Waals surface area (Å²) in [7, 11) is -2.98. The first kappa shape index (κ1) is 14.8. The van der Waals surface area contributed by atoms with Crippen LogP contribution in [0.4, 0.5) is 10.5 Å². The lowest BCUT2D eigenvalue weighted by atomic mass is 10.1. The first-order chi connectivity index (χ1) is 9.41.